The average molecular weight is 748 g/mol. The number of halogens is 3. The van der Waals surface area contributed by atoms with E-state index in [-0.39, 0.29) is 18.1 Å². The monoisotopic (exact) mass is 746 g/mol. The number of unbranched alkanes of at least 4 members (excludes halogenated alkanes) is 9. The number of aromatic nitrogens is 4. The molecule has 0 aliphatic rings. The van der Waals surface area contributed by atoms with Crippen LogP contribution in [0.1, 0.15) is 105 Å². The molecule has 0 spiro atoms. The number of nitrogens with one attached hydrogen (secondary N) is 2. The largest absolute Gasteiger partial charge is 0.491 e. The molecule has 2 heterocycles. The number of H-pyrrole nitrogens is 1. The molecule has 0 fully saturated rings. The van der Waals surface area contributed by atoms with Gasteiger partial charge in [0.15, 0.2) is 24.1 Å². The van der Waals surface area contributed by atoms with E-state index < -0.39 is 6.23 Å². The van der Waals surface area contributed by atoms with Gasteiger partial charge in [0.1, 0.15) is 23.2 Å². The zero-order valence-electron chi connectivity index (χ0n) is 30.1. The number of aromatic amines is 1. The van der Waals surface area contributed by atoms with Crippen LogP contribution in [-0.2, 0) is 4.74 Å². The normalized spacial score (nSPS) is 13.3. The van der Waals surface area contributed by atoms with Crippen LogP contribution >= 0.6 is 34.8 Å². The average Bonchev–Trinajstić information content (AvgIpc) is 3.62. The lowest BCUT2D eigenvalue weighted by atomic mass is 9.85. The van der Waals surface area contributed by atoms with Gasteiger partial charge in [0.2, 0.25) is 5.88 Å². The van der Waals surface area contributed by atoms with Crippen LogP contribution in [0.25, 0.3) is 17.0 Å². The molecule has 2 atom stereocenters. The van der Waals surface area contributed by atoms with Gasteiger partial charge in [0, 0.05) is 21.5 Å². The van der Waals surface area contributed by atoms with E-state index >= 15 is 0 Å². The summed E-state index contributed by atoms with van der Waals surface area (Å²) < 4.78 is 20.0. The standard InChI is InChI=1S/C38H53Cl3N6O3/c1-6-7-8-9-10-11-12-13-14-15-22-48-32-21-20-30(40)23-31(32)42-25-49-36(27(2)24-38(3,4)5)43-26-50-37-33(41)35-45-44-34(47(35)46-37)28-16-18-29(39)19-17-28/h16-21,23,25,27,36,43,46H,6-15,22,24,26H2,1-5H3. The van der Waals surface area contributed by atoms with Gasteiger partial charge in [-0.3, -0.25) is 5.10 Å². The van der Waals surface area contributed by atoms with E-state index in [2.05, 4.69) is 60.2 Å². The first-order valence-corrected chi connectivity index (χ1v) is 19.0. The van der Waals surface area contributed by atoms with Crippen molar-refractivity contribution < 1.29 is 14.2 Å². The summed E-state index contributed by atoms with van der Waals surface area (Å²) in [7, 11) is 0. The minimum absolute atomic E-state index is 0.0857. The van der Waals surface area contributed by atoms with E-state index in [9.17, 15) is 0 Å². The molecule has 0 aliphatic carbocycles. The van der Waals surface area contributed by atoms with Crippen LogP contribution in [0.2, 0.25) is 15.1 Å². The molecule has 50 heavy (non-hydrogen) atoms. The number of rotatable bonds is 22. The molecule has 274 valence electrons. The zero-order valence-corrected chi connectivity index (χ0v) is 32.4. The molecule has 9 nitrogen and oxygen atoms in total. The van der Waals surface area contributed by atoms with Crippen molar-refractivity contribution in [1.82, 2.24) is 25.1 Å². The Morgan fingerprint density at radius 2 is 1.54 bits per heavy atom. The van der Waals surface area contributed by atoms with Crippen molar-refractivity contribution in [1.29, 1.82) is 0 Å². The summed E-state index contributed by atoms with van der Waals surface area (Å²) in [6.07, 6.45) is 14.7. The summed E-state index contributed by atoms with van der Waals surface area (Å²) >= 11 is 19.0. The summed E-state index contributed by atoms with van der Waals surface area (Å²) in [4.78, 5) is 4.61. The number of benzene rings is 2. The summed E-state index contributed by atoms with van der Waals surface area (Å²) in [6.45, 7) is 11.8. The molecule has 0 saturated carbocycles. The van der Waals surface area contributed by atoms with Crippen molar-refractivity contribution in [3.05, 3.63) is 57.5 Å². The lowest BCUT2D eigenvalue weighted by molar-refractivity contribution is 0.0582. The quantitative estimate of drug-likeness (QED) is 0.0359. The Bertz CT molecular complexity index is 1620. The number of hydrogen-bond acceptors (Lipinski definition) is 7. The van der Waals surface area contributed by atoms with E-state index in [1.807, 2.05) is 24.3 Å². The predicted octanol–water partition coefficient (Wildman–Crippen LogP) is 11.7. The van der Waals surface area contributed by atoms with Crippen molar-refractivity contribution in [3.63, 3.8) is 0 Å². The molecule has 12 heteroatoms. The second-order valence-corrected chi connectivity index (χ2v) is 15.4. The summed E-state index contributed by atoms with van der Waals surface area (Å²) in [6, 6.07) is 12.8. The van der Waals surface area contributed by atoms with Gasteiger partial charge in [-0.15, -0.1) is 10.2 Å². The van der Waals surface area contributed by atoms with E-state index in [0.717, 1.165) is 24.8 Å². The van der Waals surface area contributed by atoms with E-state index in [1.54, 1.807) is 22.7 Å². The van der Waals surface area contributed by atoms with Crippen LogP contribution in [0.3, 0.4) is 0 Å². The molecule has 4 rings (SSSR count). The van der Waals surface area contributed by atoms with Gasteiger partial charge in [-0.25, -0.2) is 14.8 Å². The molecule has 2 aromatic carbocycles. The molecule has 0 radical (unpaired) electrons. The molecule has 2 N–H and O–H groups in total. The number of aliphatic imine (C=N–C) groups is 1. The minimum Gasteiger partial charge on any atom is -0.491 e. The van der Waals surface area contributed by atoms with Crippen LogP contribution in [0.15, 0.2) is 47.5 Å². The van der Waals surface area contributed by atoms with Crippen LogP contribution < -0.4 is 14.8 Å². The lowest BCUT2D eigenvalue weighted by Crippen LogP contribution is -2.40. The predicted molar refractivity (Wildman–Crippen MR) is 206 cm³/mol. The lowest BCUT2D eigenvalue weighted by Gasteiger charge is -2.29. The van der Waals surface area contributed by atoms with E-state index in [4.69, 9.17) is 49.0 Å². The Balaban J connectivity index is 1.32. The number of nitrogens with zero attached hydrogens (tertiary/aromatic N) is 4. The summed E-state index contributed by atoms with van der Waals surface area (Å²) in [5, 5.41) is 16.6. The fourth-order valence-corrected chi connectivity index (χ4v) is 6.47. The topological polar surface area (TPSA) is 98.1 Å². The molecule has 0 saturated heterocycles. The smallest absolute Gasteiger partial charge is 0.230 e. The van der Waals surface area contributed by atoms with Gasteiger partial charge in [-0.05, 0) is 60.7 Å². The van der Waals surface area contributed by atoms with E-state index in [0.29, 0.717) is 50.5 Å². The minimum atomic E-state index is -0.405. The molecule has 0 bridgehead atoms. The maximum Gasteiger partial charge on any atom is 0.230 e. The summed E-state index contributed by atoms with van der Waals surface area (Å²) in [5.74, 6) is 1.75. The van der Waals surface area contributed by atoms with Crippen molar-refractivity contribution >= 4 is 52.5 Å². The van der Waals surface area contributed by atoms with E-state index in [1.165, 1.54) is 57.8 Å². The highest BCUT2D eigenvalue weighted by molar-refractivity contribution is 6.35. The fraction of sp³-hybridized carbons (Fsp3) is 0.553. The first-order chi connectivity index (χ1) is 24.1. The van der Waals surface area contributed by atoms with Crippen molar-refractivity contribution in [2.75, 3.05) is 13.3 Å². The molecular weight excluding hydrogens is 695 g/mol. The van der Waals surface area contributed by atoms with Gasteiger partial charge in [-0.2, -0.15) is 0 Å². The highest BCUT2D eigenvalue weighted by Crippen LogP contribution is 2.33. The third-order valence-corrected chi connectivity index (χ3v) is 9.23. The van der Waals surface area contributed by atoms with Gasteiger partial charge in [0.25, 0.3) is 0 Å². The molecule has 0 aliphatic heterocycles. The van der Waals surface area contributed by atoms with Crippen molar-refractivity contribution in [3.8, 4) is 23.0 Å². The Hall–Kier alpha value is -2.98. The van der Waals surface area contributed by atoms with Crippen LogP contribution in [0.5, 0.6) is 11.6 Å². The molecule has 2 aromatic heterocycles. The molecule has 4 aromatic rings. The maximum absolute atomic E-state index is 6.62. The third-order valence-electron chi connectivity index (χ3n) is 8.40. The number of hydrogen-bond donors (Lipinski definition) is 2. The Morgan fingerprint density at radius 1 is 0.880 bits per heavy atom. The molecule has 2 unspecified atom stereocenters. The second kappa shape index (κ2) is 20.2. The van der Waals surface area contributed by atoms with Crippen LogP contribution in [-0.4, -0.2) is 45.8 Å². The van der Waals surface area contributed by atoms with Crippen LogP contribution in [0, 0.1) is 11.3 Å². The van der Waals surface area contributed by atoms with Gasteiger partial charge >= 0.3 is 0 Å². The third kappa shape index (κ3) is 12.7. The van der Waals surface area contributed by atoms with Gasteiger partial charge in [-0.1, -0.05) is 127 Å². The highest BCUT2D eigenvalue weighted by Gasteiger charge is 2.25. The summed E-state index contributed by atoms with van der Waals surface area (Å²) in [5.41, 5.74) is 2.00. The Labute approximate surface area is 312 Å². The molecule has 0 amide bonds. The fourth-order valence-electron chi connectivity index (χ4n) is 5.96. The Morgan fingerprint density at radius 3 is 2.22 bits per heavy atom. The van der Waals surface area contributed by atoms with Gasteiger partial charge in [0.05, 0.1) is 6.61 Å². The number of fused-ring (bicyclic) bond motifs is 1. The maximum atomic E-state index is 6.62. The molecular formula is C38H53Cl3N6O3. The van der Waals surface area contributed by atoms with Gasteiger partial charge < -0.3 is 14.2 Å². The first-order valence-electron chi connectivity index (χ1n) is 17.9. The van der Waals surface area contributed by atoms with Crippen LogP contribution in [0.4, 0.5) is 5.69 Å². The zero-order chi connectivity index (χ0) is 35.9. The first kappa shape index (κ1) is 39.8. The number of ether oxygens (including phenoxy) is 3. The Kier molecular flexibility index (Phi) is 16.0. The van der Waals surface area contributed by atoms with Crippen molar-refractivity contribution in [2.45, 2.75) is 111 Å². The second-order valence-electron chi connectivity index (χ2n) is 14.1. The highest BCUT2D eigenvalue weighted by atomic mass is 35.5. The SMILES string of the molecule is CCCCCCCCCCCCOc1ccc(Cl)cc1N=COC(NCOc1[nH]n2c(-c3ccc(Cl)cc3)nnc2c1Cl)C(C)CC(C)(C)C. The van der Waals surface area contributed by atoms with Crippen molar-refractivity contribution in [2.24, 2.45) is 16.3 Å².